The minimum Gasteiger partial charge on any atom is -0.371 e. The first kappa shape index (κ1) is 19.0. The SMILES string of the molecule is CC(NC(=O)c1ccccc1)C(=O)N(C)Cc1ccccc1N1CCCC1. The molecule has 2 aromatic carbocycles. The molecule has 1 atom stereocenters. The number of benzene rings is 2. The molecule has 1 aliphatic heterocycles. The van der Waals surface area contributed by atoms with Gasteiger partial charge in [0.2, 0.25) is 5.91 Å². The number of anilines is 1. The van der Waals surface area contributed by atoms with E-state index in [4.69, 9.17) is 0 Å². The second-order valence-corrected chi connectivity index (χ2v) is 7.08. The van der Waals surface area contributed by atoms with Crippen LogP contribution in [0.2, 0.25) is 0 Å². The molecule has 0 aliphatic carbocycles. The third-order valence-corrected chi connectivity index (χ3v) is 4.98. The van der Waals surface area contributed by atoms with Crippen LogP contribution in [0.3, 0.4) is 0 Å². The lowest BCUT2D eigenvalue weighted by Gasteiger charge is -2.26. The van der Waals surface area contributed by atoms with E-state index in [-0.39, 0.29) is 11.8 Å². The van der Waals surface area contributed by atoms with Crippen molar-refractivity contribution in [1.29, 1.82) is 0 Å². The molecule has 5 heteroatoms. The molecule has 3 rings (SSSR count). The third-order valence-electron chi connectivity index (χ3n) is 4.98. The average Bonchev–Trinajstić information content (AvgIpc) is 3.23. The Morgan fingerprint density at radius 2 is 1.67 bits per heavy atom. The number of nitrogens with zero attached hydrogens (tertiary/aromatic N) is 2. The third kappa shape index (κ3) is 4.67. The maximum atomic E-state index is 12.7. The summed E-state index contributed by atoms with van der Waals surface area (Å²) in [6.07, 6.45) is 2.43. The first-order valence-electron chi connectivity index (χ1n) is 9.50. The second-order valence-electron chi connectivity index (χ2n) is 7.08. The van der Waals surface area contributed by atoms with Gasteiger partial charge in [-0.05, 0) is 43.5 Å². The van der Waals surface area contributed by atoms with Crippen molar-refractivity contribution in [3.05, 3.63) is 65.7 Å². The van der Waals surface area contributed by atoms with Gasteiger partial charge in [-0.1, -0.05) is 36.4 Å². The second kappa shape index (κ2) is 8.71. The van der Waals surface area contributed by atoms with Crippen LogP contribution in [0, 0.1) is 0 Å². The highest BCUT2D eigenvalue weighted by Gasteiger charge is 2.22. The maximum absolute atomic E-state index is 12.7. The number of likely N-dealkylation sites (N-methyl/N-ethyl adjacent to an activating group) is 1. The molecule has 5 nitrogen and oxygen atoms in total. The summed E-state index contributed by atoms with van der Waals surface area (Å²) in [5, 5.41) is 2.79. The average molecular weight is 365 g/mol. The Bertz CT molecular complexity index is 785. The molecule has 1 saturated heterocycles. The van der Waals surface area contributed by atoms with Crippen molar-refractivity contribution in [2.75, 3.05) is 25.0 Å². The van der Waals surface area contributed by atoms with E-state index in [1.165, 1.54) is 18.5 Å². The molecule has 0 saturated carbocycles. The van der Waals surface area contributed by atoms with E-state index in [2.05, 4.69) is 22.3 Å². The zero-order chi connectivity index (χ0) is 19.2. The van der Waals surface area contributed by atoms with Gasteiger partial charge in [-0.25, -0.2) is 0 Å². The van der Waals surface area contributed by atoms with Gasteiger partial charge in [-0.2, -0.15) is 0 Å². The molecule has 1 N–H and O–H groups in total. The van der Waals surface area contributed by atoms with Gasteiger partial charge < -0.3 is 15.1 Å². The van der Waals surface area contributed by atoms with Crippen LogP contribution in [0.4, 0.5) is 5.69 Å². The lowest BCUT2D eigenvalue weighted by molar-refractivity contribution is -0.132. The van der Waals surface area contributed by atoms with Crippen LogP contribution in [0.5, 0.6) is 0 Å². The van der Waals surface area contributed by atoms with Gasteiger partial charge >= 0.3 is 0 Å². The van der Waals surface area contributed by atoms with Crippen LogP contribution < -0.4 is 10.2 Å². The standard InChI is InChI=1S/C22H27N3O2/c1-17(23-21(26)18-10-4-3-5-11-18)22(27)24(2)16-19-12-6-7-13-20(19)25-14-8-9-15-25/h3-7,10-13,17H,8-9,14-16H2,1-2H3,(H,23,26). The minimum atomic E-state index is -0.582. The van der Waals surface area contributed by atoms with Gasteiger partial charge in [0.1, 0.15) is 6.04 Å². The van der Waals surface area contributed by atoms with E-state index >= 15 is 0 Å². The van der Waals surface area contributed by atoms with Gasteiger partial charge in [-0.15, -0.1) is 0 Å². The number of carbonyl (C=O) groups excluding carboxylic acids is 2. The van der Waals surface area contributed by atoms with E-state index in [9.17, 15) is 9.59 Å². The number of hydrogen-bond donors (Lipinski definition) is 1. The Kier molecular flexibility index (Phi) is 6.12. The molecule has 0 bridgehead atoms. The van der Waals surface area contributed by atoms with Crippen LogP contribution in [0.15, 0.2) is 54.6 Å². The topological polar surface area (TPSA) is 52.7 Å². The predicted octanol–water partition coefficient (Wildman–Crippen LogP) is 3.06. The van der Waals surface area contributed by atoms with Crippen molar-refractivity contribution < 1.29 is 9.59 Å². The number of hydrogen-bond acceptors (Lipinski definition) is 3. The van der Waals surface area contributed by atoms with Crippen LogP contribution in [0.25, 0.3) is 0 Å². The highest BCUT2D eigenvalue weighted by atomic mass is 16.2. The number of amides is 2. The van der Waals surface area contributed by atoms with E-state index in [0.29, 0.717) is 12.1 Å². The molecule has 0 spiro atoms. The van der Waals surface area contributed by atoms with Crippen molar-refractivity contribution in [3.63, 3.8) is 0 Å². The fourth-order valence-corrected chi connectivity index (χ4v) is 3.51. The molecular formula is C22H27N3O2. The molecule has 27 heavy (non-hydrogen) atoms. The maximum Gasteiger partial charge on any atom is 0.251 e. The molecule has 1 heterocycles. The zero-order valence-electron chi connectivity index (χ0n) is 16.0. The normalized spacial score (nSPS) is 14.7. The number of carbonyl (C=O) groups is 2. The van der Waals surface area contributed by atoms with E-state index < -0.39 is 6.04 Å². The molecule has 2 amide bonds. The summed E-state index contributed by atoms with van der Waals surface area (Å²) < 4.78 is 0. The largest absolute Gasteiger partial charge is 0.371 e. The Morgan fingerprint density at radius 1 is 1.04 bits per heavy atom. The molecular weight excluding hydrogens is 338 g/mol. The van der Waals surface area contributed by atoms with Crippen LogP contribution in [-0.4, -0.2) is 42.9 Å². The molecule has 1 fully saturated rings. The molecule has 1 aliphatic rings. The summed E-state index contributed by atoms with van der Waals surface area (Å²) in [6.45, 7) is 4.39. The Hall–Kier alpha value is -2.82. The summed E-state index contributed by atoms with van der Waals surface area (Å²) in [5.41, 5.74) is 2.90. The fourth-order valence-electron chi connectivity index (χ4n) is 3.51. The summed E-state index contributed by atoms with van der Waals surface area (Å²) in [5.74, 6) is -0.335. The van der Waals surface area contributed by atoms with Gasteiger partial charge in [-0.3, -0.25) is 9.59 Å². The molecule has 0 aromatic heterocycles. The van der Waals surface area contributed by atoms with Gasteiger partial charge in [0.25, 0.3) is 5.91 Å². The number of para-hydroxylation sites is 1. The summed E-state index contributed by atoms with van der Waals surface area (Å²) in [6, 6.07) is 16.6. The monoisotopic (exact) mass is 365 g/mol. The van der Waals surface area contributed by atoms with Gasteiger partial charge in [0.05, 0.1) is 0 Å². The van der Waals surface area contributed by atoms with Crippen LogP contribution in [0.1, 0.15) is 35.7 Å². The highest BCUT2D eigenvalue weighted by Crippen LogP contribution is 2.25. The number of rotatable bonds is 6. The molecule has 0 radical (unpaired) electrons. The van der Waals surface area contributed by atoms with E-state index in [1.54, 1.807) is 31.0 Å². The predicted molar refractivity (Wildman–Crippen MR) is 108 cm³/mol. The first-order chi connectivity index (χ1) is 13.1. The zero-order valence-corrected chi connectivity index (χ0v) is 16.0. The Balaban J connectivity index is 1.63. The fraction of sp³-hybridized carbons (Fsp3) is 0.364. The summed E-state index contributed by atoms with van der Waals surface area (Å²) in [4.78, 5) is 29.1. The van der Waals surface area contributed by atoms with Crippen molar-refractivity contribution >= 4 is 17.5 Å². The quantitative estimate of drug-likeness (QED) is 0.856. The van der Waals surface area contributed by atoms with Crippen molar-refractivity contribution in [2.45, 2.75) is 32.4 Å². The van der Waals surface area contributed by atoms with Crippen molar-refractivity contribution in [2.24, 2.45) is 0 Å². The van der Waals surface area contributed by atoms with E-state index in [1.807, 2.05) is 30.3 Å². The van der Waals surface area contributed by atoms with Crippen molar-refractivity contribution in [1.82, 2.24) is 10.2 Å². The van der Waals surface area contributed by atoms with Crippen LogP contribution in [-0.2, 0) is 11.3 Å². The Labute approximate surface area is 161 Å². The van der Waals surface area contributed by atoms with Crippen LogP contribution >= 0.6 is 0 Å². The molecule has 1 unspecified atom stereocenters. The van der Waals surface area contributed by atoms with E-state index in [0.717, 1.165) is 18.7 Å². The molecule has 142 valence electrons. The van der Waals surface area contributed by atoms with Crippen molar-refractivity contribution in [3.8, 4) is 0 Å². The lowest BCUT2D eigenvalue weighted by Crippen LogP contribution is -2.45. The highest BCUT2D eigenvalue weighted by molar-refractivity contribution is 5.97. The smallest absolute Gasteiger partial charge is 0.251 e. The molecule has 2 aromatic rings. The lowest BCUT2D eigenvalue weighted by atomic mass is 10.1. The summed E-state index contributed by atoms with van der Waals surface area (Å²) in [7, 11) is 1.79. The minimum absolute atomic E-state index is 0.101. The summed E-state index contributed by atoms with van der Waals surface area (Å²) >= 11 is 0. The number of nitrogens with one attached hydrogen (secondary N) is 1. The van der Waals surface area contributed by atoms with Gasteiger partial charge in [0.15, 0.2) is 0 Å². The first-order valence-corrected chi connectivity index (χ1v) is 9.50. The Morgan fingerprint density at radius 3 is 2.37 bits per heavy atom. The van der Waals surface area contributed by atoms with Gasteiger partial charge in [0, 0.05) is 37.9 Å².